The van der Waals surface area contributed by atoms with Gasteiger partial charge in [0, 0.05) is 18.4 Å². The predicted molar refractivity (Wildman–Crippen MR) is 101 cm³/mol. The van der Waals surface area contributed by atoms with Gasteiger partial charge in [-0.25, -0.2) is 4.79 Å². The van der Waals surface area contributed by atoms with Crippen molar-refractivity contribution in [1.29, 1.82) is 0 Å². The first kappa shape index (κ1) is 22.4. The summed E-state index contributed by atoms with van der Waals surface area (Å²) >= 11 is 0. The summed E-state index contributed by atoms with van der Waals surface area (Å²) in [6.07, 6.45) is 7.12. The molecule has 148 valence electrons. The van der Waals surface area contributed by atoms with Gasteiger partial charge in [-0.05, 0) is 18.3 Å². The average Bonchev–Trinajstić information content (AvgIpc) is 2.89. The summed E-state index contributed by atoms with van der Waals surface area (Å²) in [6, 6.07) is 0. The van der Waals surface area contributed by atoms with E-state index in [2.05, 4.69) is 34.6 Å². The lowest BCUT2D eigenvalue weighted by atomic mass is 9.91. The van der Waals surface area contributed by atoms with Crippen molar-refractivity contribution in [2.24, 2.45) is 11.8 Å². The molecule has 0 aromatic rings. The van der Waals surface area contributed by atoms with Crippen molar-refractivity contribution >= 4 is 11.9 Å². The Morgan fingerprint density at radius 1 is 1.27 bits per heavy atom. The Morgan fingerprint density at radius 3 is 2.46 bits per heavy atom. The molecule has 1 saturated heterocycles. The van der Waals surface area contributed by atoms with Crippen molar-refractivity contribution in [2.75, 3.05) is 13.2 Å². The Balaban J connectivity index is 2.76. The maximum Gasteiger partial charge on any atom is 0.334 e. The first-order valence-corrected chi connectivity index (χ1v) is 9.65. The number of rotatable bonds is 10. The second-order valence-corrected chi connectivity index (χ2v) is 7.69. The van der Waals surface area contributed by atoms with Crippen LogP contribution in [0.5, 0.6) is 0 Å². The van der Waals surface area contributed by atoms with Gasteiger partial charge in [-0.1, -0.05) is 65.2 Å². The fraction of sp³-hybridized carbons (Fsp3) is 0.714. The van der Waals surface area contributed by atoms with E-state index in [4.69, 9.17) is 9.47 Å². The average molecular weight is 366 g/mol. The highest BCUT2D eigenvalue weighted by molar-refractivity contribution is 5.91. The van der Waals surface area contributed by atoms with E-state index < -0.39 is 11.6 Å². The minimum absolute atomic E-state index is 0.109. The van der Waals surface area contributed by atoms with E-state index in [1.54, 1.807) is 6.08 Å². The Bertz CT molecular complexity index is 535. The number of ether oxygens (including phenoxy) is 2. The molecule has 5 nitrogen and oxygen atoms in total. The third kappa shape index (κ3) is 6.60. The smallest absolute Gasteiger partial charge is 0.334 e. The molecule has 1 heterocycles. The molecule has 0 spiro atoms. The normalized spacial score (nSPS) is 21.4. The van der Waals surface area contributed by atoms with Gasteiger partial charge in [0.1, 0.15) is 6.61 Å². The summed E-state index contributed by atoms with van der Waals surface area (Å²) in [4.78, 5) is 24.0. The number of aliphatic hydroxyl groups excluding tert-OH is 1. The maximum atomic E-state index is 12.2. The van der Waals surface area contributed by atoms with Crippen molar-refractivity contribution in [3.05, 3.63) is 23.3 Å². The summed E-state index contributed by atoms with van der Waals surface area (Å²) in [7, 11) is 0. The highest BCUT2D eigenvalue weighted by Crippen LogP contribution is 2.32. The molecule has 1 aliphatic rings. The number of cyclic esters (lactones) is 1. The molecule has 5 heteroatoms. The van der Waals surface area contributed by atoms with Gasteiger partial charge in [0.15, 0.2) is 5.60 Å². The van der Waals surface area contributed by atoms with Crippen LogP contribution in [0.2, 0.25) is 0 Å². The van der Waals surface area contributed by atoms with E-state index in [0.717, 1.165) is 19.3 Å². The molecule has 1 fully saturated rings. The van der Waals surface area contributed by atoms with Crippen LogP contribution in [0.3, 0.4) is 0 Å². The number of carbonyl (C=O) groups is 2. The fourth-order valence-corrected chi connectivity index (χ4v) is 3.11. The molecule has 0 saturated carbocycles. The predicted octanol–water partition coefficient (Wildman–Crippen LogP) is 3.95. The van der Waals surface area contributed by atoms with E-state index in [9.17, 15) is 14.7 Å². The zero-order chi connectivity index (χ0) is 19.7. The second kappa shape index (κ2) is 10.5. The van der Waals surface area contributed by atoms with Gasteiger partial charge in [-0.3, -0.25) is 4.79 Å². The fourth-order valence-electron chi connectivity index (χ4n) is 3.11. The molecule has 1 N–H and O–H groups in total. The van der Waals surface area contributed by atoms with Crippen LogP contribution in [0.25, 0.3) is 0 Å². The summed E-state index contributed by atoms with van der Waals surface area (Å²) < 4.78 is 10.6. The SMILES string of the molecule is CCCCCC(=O)OCC1(CO)C/C(=C\C=C(C(C)C)C(C)C)C(=O)O1. The topological polar surface area (TPSA) is 72.8 Å². The lowest BCUT2D eigenvalue weighted by molar-refractivity contribution is -0.166. The van der Waals surface area contributed by atoms with Crippen molar-refractivity contribution < 1.29 is 24.2 Å². The molecule has 0 aromatic carbocycles. The first-order valence-electron chi connectivity index (χ1n) is 9.65. The largest absolute Gasteiger partial charge is 0.461 e. The van der Waals surface area contributed by atoms with Crippen LogP contribution in [-0.2, 0) is 19.1 Å². The quantitative estimate of drug-likeness (QED) is 0.360. The molecule has 1 atom stereocenters. The Kier molecular flexibility index (Phi) is 9.06. The van der Waals surface area contributed by atoms with E-state index in [1.807, 2.05) is 6.08 Å². The lowest BCUT2D eigenvalue weighted by Crippen LogP contribution is -2.39. The van der Waals surface area contributed by atoms with Gasteiger partial charge < -0.3 is 14.6 Å². The van der Waals surface area contributed by atoms with E-state index in [1.165, 1.54) is 5.57 Å². The molecule has 1 aliphatic heterocycles. The van der Waals surface area contributed by atoms with Gasteiger partial charge in [-0.2, -0.15) is 0 Å². The number of aliphatic hydroxyl groups is 1. The van der Waals surface area contributed by atoms with Crippen molar-refractivity contribution in [2.45, 2.75) is 72.3 Å². The van der Waals surface area contributed by atoms with Gasteiger partial charge in [0.05, 0.1) is 6.61 Å². The van der Waals surface area contributed by atoms with E-state index in [-0.39, 0.29) is 25.6 Å². The van der Waals surface area contributed by atoms with Gasteiger partial charge in [-0.15, -0.1) is 0 Å². The lowest BCUT2D eigenvalue weighted by Gasteiger charge is -2.24. The van der Waals surface area contributed by atoms with E-state index in [0.29, 0.717) is 23.8 Å². The Labute approximate surface area is 157 Å². The number of unbranched alkanes of at least 4 members (excludes halogenated alkanes) is 2. The second-order valence-electron chi connectivity index (χ2n) is 7.69. The summed E-state index contributed by atoms with van der Waals surface area (Å²) in [5, 5.41) is 9.72. The number of allylic oxidation sites excluding steroid dienone is 3. The molecule has 0 radical (unpaired) electrons. The standard InChI is InChI=1S/C21H34O5/c1-6-7-8-9-19(23)25-14-21(13-22)12-17(20(24)26-21)10-11-18(15(2)3)16(4)5/h10-11,15-16,22H,6-9,12-14H2,1-5H3/b17-10+. The van der Waals surface area contributed by atoms with Crippen LogP contribution < -0.4 is 0 Å². The van der Waals surface area contributed by atoms with Crippen molar-refractivity contribution in [3.8, 4) is 0 Å². The molecule has 0 bridgehead atoms. The minimum atomic E-state index is -1.16. The summed E-state index contributed by atoms with van der Waals surface area (Å²) in [5.41, 5.74) is 0.585. The van der Waals surface area contributed by atoms with Crippen LogP contribution in [0.15, 0.2) is 23.3 Å². The maximum absolute atomic E-state index is 12.2. The number of carbonyl (C=O) groups excluding carboxylic acids is 2. The highest BCUT2D eigenvalue weighted by atomic mass is 16.6. The van der Waals surface area contributed by atoms with Crippen LogP contribution in [0.4, 0.5) is 0 Å². The zero-order valence-electron chi connectivity index (χ0n) is 16.8. The monoisotopic (exact) mass is 366 g/mol. The van der Waals surface area contributed by atoms with Gasteiger partial charge in [0.25, 0.3) is 0 Å². The molecule has 0 aliphatic carbocycles. The Hall–Kier alpha value is -1.62. The van der Waals surface area contributed by atoms with Gasteiger partial charge >= 0.3 is 11.9 Å². The molecule has 26 heavy (non-hydrogen) atoms. The number of esters is 2. The molecular formula is C21H34O5. The molecule has 1 rings (SSSR count). The van der Waals surface area contributed by atoms with Gasteiger partial charge in [0.2, 0.25) is 0 Å². The van der Waals surface area contributed by atoms with E-state index >= 15 is 0 Å². The summed E-state index contributed by atoms with van der Waals surface area (Å²) in [6.45, 7) is 10.1. The van der Waals surface area contributed by atoms with Crippen LogP contribution >= 0.6 is 0 Å². The van der Waals surface area contributed by atoms with Crippen molar-refractivity contribution in [3.63, 3.8) is 0 Å². The molecule has 0 aromatic heterocycles. The van der Waals surface area contributed by atoms with Crippen LogP contribution in [-0.4, -0.2) is 35.9 Å². The third-order valence-corrected chi connectivity index (χ3v) is 4.66. The van der Waals surface area contributed by atoms with Crippen molar-refractivity contribution in [1.82, 2.24) is 0 Å². The number of hydrogen-bond donors (Lipinski definition) is 1. The minimum Gasteiger partial charge on any atom is -0.461 e. The first-order chi connectivity index (χ1) is 12.2. The number of hydrogen-bond acceptors (Lipinski definition) is 5. The Morgan fingerprint density at radius 2 is 1.92 bits per heavy atom. The highest BCUT2D eigenvalue weighted by Gasteiger charge is 2.44. The molecular weight excluding hydrogens is 332 g/mol. The van der Waals surface area contributed by atoms with Crippen LogP contribution in [0, 0.1) is 11.8 Å². The molecule has 0 amide bonds. The van der Waals surface area contributed by atoms with Crippen LogP contribution in [0.1, 0.15) is 66.7 Å². The zero-order valence-corrected chi connectivity index (χ0v) is 16.8. The summed E-state index contributed by atoms with van der Waals surface area (Å²) in [5.74, 6) is -0.00218. The third-order valence-electron chi connectivity index (χ3n) is 4.66. The molecule has 1 unspecified atom stereocenters.